The van der Waals surface area contributed by atoms with Gasteiger partial charge >= 0.3 is 0 Å². The highest BCUT2D eigenvalue weighted by atomic mass is 35.5. The quantitative estimate of drug-likeness (QED) is 0.577. The maximum absolute atomic E-state index is 10.1. The maximum atomic E-state index is 10.1. The molecule has 0 aliphatic carbocycles. The maximum Gasteiger partial charge on any atom is 0.242 e. The Morgan fingerprint density at radius 2 is 2.27 bits per heavy atom. The second kappa shape index (κ2) is 4.04. The van der Waals surface area contributed by atoms with E-state index in [1.165, 1.54) is 6.08 Å². The second-order valence-corrected chi connectivity index (χ2v) is 3.09. The first-order valence-corrected chi connectivity index (χ1v) is 4.35. The van der Waals surface area contributed by atoms with Crippen molar-refractivity contribution in [3.8, 4) is 11.3 Å². The third kappa shape index (κ3) is 1.93. The molecule has 2 rings (SSSR count). The lowest BCUT2D eigenvalue weighted by molar-refractivity contribution is 0.309. The van der Waals surface area contributed by atoms with E-state index in [1.807, 2.05) is 0 Å². The molecule has 15 heavy (non-hydrogen) atoms. The number of hydrogen-bond acceptors (Lipinski definition) is 5. The lowest BCUT2D eigenvalue weighted by Crippen LogP contribution is -1.77. The monoisotopic (exact) mass is 221 g/mol. The van der Waals surface area contributed by atoms with Crippen LogP contribution in [0.15, 0.2) is 33.9 Å². The molecule has 0 amide bonds. The van der Waals surface area contributed by atoms with E-state index in [2.05, 4.69) is 19.9 Å². The van der Waals surface area contributed by atoms with Crippen LogP contribution in [0.25, 0.3) is 11.3 Å². The van der Waals surface area contributed by atoms with Crippen molar-refractivity contribution < 1.29 is 9.42 Å². The molecule has 5 nitrogen and oxygen atoms in total. The third-order valence-electron chi connectivity index (χ3n) is 1.72. The highest BCUT2D eigenvalue weighted by Gasteiger charge is 2.11. The highest BCUT2D eigenvalue weighted by molar-refractivity contribution is 6.30. The highest BCUT2D eigenvalue weighted by Crippen LogP contribution is 2.27. The minimum atomic E-state index is 0.0901. The molecule has 0 aliphatic heterocycles. The number of aromatic nitrogens is 2. The summed E-state index contributed by atoms with van der Waals surface area (Å²) in [5.74, 6) is 0.0901. The molecule has 0 atom stereocenters. The zero-order valence-electron chi connectivity index (χ0n) is 7.35. The summed E-state index contributed by atoms with van der Waals surface area (Å²) in [7, 11) is 0. The van der Waals surface area contributed by atoms with Crippen molar-refractivity contribution in [3.05, 3.63) is 29.3 Å². The number of aliphatic imine (C=N–C) groups is 1. The van der Waals surface area contributed by atoms with E-state index in [9.17, 15) is 4.79 Å². The molecule has 0 N–H and O–H groups in total. The van der Waals surface area contributed by atoms with Crippen molar-refractivity contribution in [1.29, 1.82) is 0 Å². The SMILES string of the molecule is O=C=Nc1nonc1-c1cccc(Cl)c1. The molecule has 2 aromatic rings. The van der Waals surface area contributed by atoms with Gasteiger partial charge in [0.2, 0.25) is 11.9 Å². The van der Waals surface area contributed by atoms with Gasteiger partial charge in [-0.2, -0.15) is 0 Å². The summed E-state index contributed by atoms with van der Waals surface area (Å²) in [6.07, 6.45) is 1.37. The number of isocyanates is 1. The van der Waals surface area contributed by atoms with E-state index in [0.29, 0.717) is 16.3 Å². The molecule has 0 aliphatic rings. The molecule has 0 fully saturated rings. The Labute approximate surface area is 89.3 Å². The average molecular weight is 222 g/mol. The van der Waals surface area contributed by atoms with Crippen LogP contribution in [0.5, 0.6) is 0 Å². The number of benzene rings is 1. The number of rotatable bonds is 2. The van der Waals surface area contributed by atoms with Crippen molar-refractivity contribution in [1.82, 2.24) is 10.3 Å². The van der Waals surface area contributed by atoms with Gasteiger partial charge in [-0.25, -0.2) is 9.42 Å². The Hall–Kier alpha value is -1.97. The largest absolute Gasteiger partial charge is 0.242 e. The lowest BCUT2D eigenvalue weighted by atomic mass is 10.1. The topological polar surface area (TPSA) is 68.3 Å². The van der Waals surface area contributed by atoms with E-state index < -0.39 is 0 Å². The van der Waals surface area contributed by atoms with Crippen LogP contribution >= 0.6 is 11.6 Å². The first-order chi connectivity index (χ1) is 7.31. The Morgan fingerprint density at radius 3 is 3.00 bits per heavy atom. The molecule has 1 heterocycles. The molecule has 6 heteroatoms. The van der Waals surface area contributed by atoms with Crippen LogP contribution < -0.4 is 0 Å². The number of hydrogen-bond donors (Lipinski definition) is 0. The normalized spacial score (nSPS) is 9.67. The van der Waals surface area contributed by atoms with E-state index in [1.54, 1.807) is 24.3 Å². The summed E-state index contributed by atoms with van der Waals surface area (Å²) in [6, 6.07) is 6.90. The van der Waals surface area contributed by atoms with Gasteiger partial charge in [0.25, 0.3) is 0 Å². The zero-order valence-corrected chi connectivity index (χ0v) is 8.10. The van der Waals surface area contributed by atoms with Crippen molar-refractivity contribution in [3.63, 3.8) is 0 Å². The first-order valence-electron chi connectivity index (χ1n) is 3.97. The summed E-state index contributed by atoms with van der Waals surface area (Å²) in [5, 5.41) is 7.63. The van der Waals surface area contributed by atoms with Crippen molar-refractivity contribution in [2.24, 2.45) is 4.99 Å². The van der Waals surface area contributed by atoms with Crippen LogP contribution in [0, 0.1) is 0 Å². The predicted octanol–water partition coefficient (Wildman–Crippen LogP) is 2.36. The molecule has 0 unspecified atom stereocenters. The van der Waals surface area contributed by atoms with Gasteiger partial charge in [0, 0.05) is 10.6 Å². The predicted molar refractivity (Wildman–Crippen MR) is 52.5 cm³/mol. The van der Waals surface area contributed by atoms with Gasteiger partial charge in [-0.3, -0.25) is 0 Å². The summed E-state index contributed by atoms with van der Waals surface area (Å²) >= 11 is 5.80. The number of nitrogens with zero attached hydrogens (tertiary/aromatic N) is 3. The van der Waals surface area contributed by atoms with E-state index in [0.717, 1.165) is 0 Å². The van der Waals surface area contributed by atoms with Gasteiger partial charge < -0.3 is 0 Å². The molecular weight excluding hydrogens is 218 g/mol. The standard InChI is InChI=1S/C9H4ClN3O2/c10-7-3-1-2-6(4-7)8-9(11-5-14)13-15-12-8/h1-4H. The van der Waals surface area contributed by atoms with Gasteiger partial charge in [-0.1, -0.05) is 23.7 Å². The second-order valence-electron chi connectivity index (χ2n) is 2.65. The molecule has 0 bridgehead atoms. The fourth-order valence-corrected chi connectivity index (χ4v) is 1.31. The fourth-order valence-electron chi connectivity index (χ4n) is 1.12. The Kier molecular flexibility index (Phi) is 2.58. The van der Waals surface area contributed by atoms with E-state index >= 15 is 0 Å². The third-order valence-corrected chi connectivity index (χ3v) is 1.96. The first kappa shape index (κ1) is 9.58. The summed E-state index contributed by atoms with van der Waals surface area (Å²) in [6.45, 7) is 0. The molecule has 0 saturated carbocycles. The van der Waals surface area contributed by atoms with Crippen molar-refractivity contribution in [2.45, 2.75) is 0 Å². The molecule has 0 spiro atoms. The Bertz CT molecular complexity index is 532. The number of carbonyl (C=O) groups excluding carboxylic acids is 1. The molecule has 1 aromatic carbocycles. The van der Waals surface area contributed by atoms with Crippen LogP contribution in [0.4, 0.5) is 5.82 Å². The molecule has 0 saturated heterocycles. The van der Waals surface area contributed by atoms with Gasteiger partial charge in [0.15, 0.2) is 5.69 Å². The van der Waals surface area contributed by atoms with Crippen LogP contribution in [0.3, 0.4) is 0 Å². The van der Waals surface area contributed by atoms with Gasteiger partial charge in [-0.05, 0) is 22.4 Å². The molecule has 1 aromatic heterocycles. The van der Waals surface area contributed by atoms with Crippen molar-refractivity contribution >= 4 is 23.5 Å². The van der Waals surface area contributed by atoms with Gasteiger partial charge in [0.1, 0.15) is 0 Å². The smallest absolute Gasteiger partial charge is 0.242 e. The number of halogens is 1. The Morgan fingerprint density at radius 1 is 1.40 bits per heavy atom. The van der Waals surface area contributed by atoms with Gasteiger partial charge in [0.05, 0.1) is 0 Å². The van der Waals surface area contributed by atoms with Gasteiger partial charge in [-0.15, -0.1) is 4.99 Å². The van der Waals surface area contributed by atoms with Crippen LogP contribution in [-0.4, -0.2) is 16.4 Å². The molecular formula is C9H4ClN3O2. The fraction of sp³-hybridized carbons (Fsp3) is 0. The summed E-state index contributed by atoms with van der Waals surface area (Å²) in [5.41, 5.74) is 1.04. The van der Waals surface area contributed by atoms with E-state index in [-0.39, 0.29) is 5.82 Å². The zero-order chi connectivity index (χ0) is 10.7. The molecule has 0 radical (unpaired) electrons. The summed E-state index contributed by atoms with van der Waals surface area (Å²) < 4.78 is 4.48. The van der Waals surface area contributed by atoms with Crippen molar-refractivity contribution in [2.75, 3.05) is 0 Å². The average Bonchev–Trinajstić information content (AvgIpc) is 2.66. The van der Waals surface area contributed by atoms with Crippen LogP contribution in [-0.2, 0) is 4.79 Å². The van der Waals surface area contributed by atoms with Crippen LogP contribution in [0.1, 0.15) is 0 Å². The van der Waals surface area contributed by atoms with E-state index in [4.69, 9.17) is 11.6 Å². The molecule has 74 valence electrons. The van der Waals surface area contributed by atoms with Crippen LogP contribution in [0.2, 0.25) is 5.02 Å². The lowest BCUT2D eigenvalue weighted by Gasteiger charge is -1.95. The minimum Gasteiger partial charge on any atom is -0.242 e. The Balaban J connectivity index is 2.53. The minimum absolute atomic E-state index is 0.0901. The summed E-state index contributed by atoms with van der Waals surface area (Å²) in [4.78, 5) is 13.5.